The Morgan fingerprint density at radius 3 is 2.60 bits per heavy atom. The van der Waals surface area contributed by atoms with Gasteiger partial charge in [-0.25, -0.2) is 0 Å². The van der Waals surface area contributed by atoms with Crippen molar-refractivity contribution in [3.05, 3.63) is 77.4 Å². The molecule has 3 heteroatoms. The zero-order valence-corrected chi connectivity index (χ0v) is 15.0. The van der Waals surface area contributed by atoms with Crippen molar-refractivity contribution in [3.63, 3.8) is 0 Å². The van der Waals surface area contributed by atoms with Crippen molar-refractivity contribution in [2.45, 2.75) is 26.8 Å². The Bertz CT molecular complexity index is 896. The third-order valence-electron chi connectivity index (χ3n) is 4.53. The molecular formula is C22H24N2O. The van der Waals surface area contributed by atoms with Gasteiger partial charge >= 0.3 is 0 Å². The summed E-state index contributed by atoms with van der Waals surface area (Å²) < 4.78 is 0. The normalized spacial score (nSPS) is 12.1. The van der Waals surface area contributed by atoms with Crippen LogP contribution in [0.25, 0.3) is 10.8 Å². The molecule has 0 fully saturated rings. The second-order valence-electron chi connectivity index (χ2n) is 6.54. The summed E-state index contributed by atoms with van der Waals surface area (Å²) in [6.07, 6.45) is 0. The van der Waals surface area contributed by atoms with E-state index in [-0.39, 0.29) is 18.5 Å². The van der Waals surface area contributed by atoms with Gasteiger partial charge in [-0.1, -0.05) is 54.6 Å². The van der Waals surface area contributed by atoms with E-state index in [1.54, 1.807) is 0 Å². The molecule has 0 saturated carbocycles. The van der Waals surface area contributed by atoms with Crippen LogP contribution in [0.2, 0.25) is 0 Å². The average Bonchev–Trinajstić information content (AvgIpc) is 2.62. The average molecular weight is 332 g/mol. The van der Waals surface area contributed by atoms with E-state index in [0.29, 0.717) is 0 Å². The van der Waals surface area contributed by atoms with Crippen LogP contribution in [0.4, 0.5) is 5.69 Å². The minimum absolute atomic E-state index is 0.0270. The van der Waals surface area contributed by atoms with E-state index in [1.807, 2.05) is 44.2 Å². The highest BCUT2D eigenvalue weighted by Gasteiger charge is 2.11. The molecule has 0 aliphatic carbocycles. The van der Waals surface area contributed by atoms with Crippen LogP contribution in [0.3, 0.4) is 0 Å². The van der Waals surface area contributed by atoms with Crippen LogP contribution in [0.5, 0.6) is 0 Å². The smallest absolute Gasteiger partial charge is 0.238 e. The highest BCUT2D eigenvalue weighted by atomic mass is 16.1. The third kappa shape index (κ3) is 4.06. The summed E-state index contributed by atoms with van der Waals surface area (Å²) in [5.74, 6) is -0.0270. The predicted molar refractivity (Wildman–Crippen MR) is 105 cm³/mol. The summed E-state index contributed by atoms with van der Waals surface area (Å²) in [5, 5.41) is 8.77. The number of hydrogen-bond donors (Lipinski definition) is 2. The van der Waals surface area contributed by atoms with Crippen LogP contribution in [-0.2, 0) is 4.79 Å². The van der Waals surface area contributed by atoms with Gasteiger partial charge in [-0.15, -0.1) is 0 Å². The van der Waals surface area contributed by atoms with Gasteiger partial charge in [0, 0.05) is 11.7 Å². The highest BCUT2D eigenvalue weighted by Crippen LogP contribution is 2.24. The number of rotatable bonds is 5. The Labute approximate surface area is 149 Å². The van der Waals surface area contributed by atoms with Crippen molar-refractivity contribution in [1.29, 1.82) is 0 Å². The summed E-state index contributed by atoms with van der Waals surface area (Å²) in [7, 11) is 0. The molecule has 3 aromatic rings. The zero-order chi connectivity index (χ0) is 17.8. The summed E-state index contributed by atoms with van der Waals surface area (Å²) in [6, 6.07) is 20.8. The lowest BCUT2D eigenvalue weighted by atomic mass is 10.00. The fourth-order valence-electron chi connectivity index (χ4n) is 3.05. The van der Waals surface area contributed by atoms with E-state index in [0.717, 1.165) is 16.8 Å². The van der Waals surface area contributed by atoms with E-state index >= 15 is 0 Å². The lowest BCUT2D eigenvalue weighted by molar-refractivity contribution is -0.115. The van der Waals surface area contributed by atoms with Crippen LogP contribution in [0, 0.1) is 13.8 Å². The van der Waals surface area contributed by atoms with Crippen molar-refractivity contribution in [2.24, 2.45) is 0 Å². The molecule has 0 heterocycles. The maximum absolute atomic E-state index is 12.3. The molecule has 0 spiro atoms. The molecule has 0 aliphatic heterocycles. The van der Waals surface area contributed by atoms with Gasteiger partial charge in [-0.2, -0.15) is 0 Å². The number of carbonyl (C=O) groups excluding carboxylic acids is 1. The van der Waals surface area contributed by atoms with Crippen molar-refractivity contribution in [3.8, 4) is 0 Å². The quantitative estimate of drug-likeness (QED) is 0.708. The molecule has 1 amide bonds. The Kier molecular flexibility index (Phi) is 5.15. The summed E-state index contributed by atoms with van der Waals surface area (Å²) >= 11 is 0. The second-order valence-corrected chi connectivity index (χ2v) is 6.54. The van der Waals surface area contributed by atoms with E-state index in [4.69, 9.17) is 0 Å². The Balaban J connectivity index is 1.66. The molecule has 0 aromatic heterocycles. The molecule has 2 N–H and O–H groups in total. The van der Waals surface area contributed by atoms with Gasteiger partial charge in [0.1, 0.15) is 0 Å². The number of nitrogens with one attached hydrogen (secondary N) is 2. The van der Waals surface area contributed by atoms with E-state index < -0.39 is 0 Å². The van der Waals surface area contributed by atoms with E-state index in [2.05, 4.69) is 47.9 Å². The number of hydrogen-bond acceptors (Lipinski definition) is 2. The number of aryl methyl sites for hydroxylation is 2. The summed E-state index contributed by atoms with van der Waals surface area (Å²) in [4.78, 5) is 12.3. The molecule has 0 saturated heterocycles. The number of amides is 1. The minimum atomic E-state index is -0.0270. The minimum Gasteiger partial charge on any atom is -0.325 e. The standard InChI is InChI=1S/C22H24N2O/c1-15-11-12-16(2)21(13-15)24-22(25)14-23-17(3)19-10-6-8-18-7-4-5-9-20(18)19/h4-13,17,23H,14H2,1-3H3,(H,24,25)/t17-/m1/s1. The van der Waals surface area contributed by atoms with Gasteiger partial charge in [-0.3, -0.25) is 4.79 Å². The second kappa shape index (κ2) is 7.49. The molecule has 1 atom stereocenters. The first-order valence-corrected chi connectivity index (χ1v) is 8.63. The van der Waals surface area contributed by atoms with E-state index in [1.165, 1.54) is 16.3 Å². The number of fused-ring (bicyclic) bond motifs is 1. The molecule has 3 rings (SSSR count). The van der Waals surface area contributed by atoms with Crippen LogP contribution in [-0.4, -0.2) is 12.5 Å². The van der Waals surface area contributed by atoms with Crippen LogP contribution >= 0.6 is 0 Å². The molecule has 0 radical (unpaired) electrons. The predicted octanol–water partition coefficient (Wildman–Crippen LogP) is 4.75. The molecule has 0 unspecified atom stereocenters. The molecule has 0 bridgehead atoms. The first-order valence-electron chi connectivity index (χ1n) is 8.63. The van der Waals surface area contributed by atoms with Gasteiger partial charge in [0.15, 0.2) is 0 Å². The number of carbonyl (C=O) groups is 1. The SMILES string of the molecule is Cc1ccc(C)c(NC(=O)CN[C@H](C)c2cccc3ccccc23)c1. The molecular weight excluding hydrogens is 308 g/mol. The lowest BCUT2D eigenvalue weighted by Crippen LogP contribution is -2.30. The largest absolute Gasteiger partial charge is 0.325 e. The summed E-state index contributed by atoms with van der Waals surface area (Å²) in [6.45, 7) is 6.39. The summed E-state index contributed by atoms with van der Waals surface area (Å²) in [5.41, 5.74) is 4.29. The molecule has 3 nitrogen and oxygen atoms in total. The monoisotopic (exact) mass is 332 g/mol. The van der Waals surface area contributed by atoms with E-state index in [9.17, 15) is 4.79 Å². The third-order valence-corrected chi connectivity index (χ3v) is 4.53. The van der Waals surface area contributed by atoms with Gasteiger partial charge in [0.2, 0.25) is 5.91 Å². The van der Waals surface area contributed by atoms with Crippen molar-refractivity contribution >= 4 is 22.4 Å². The maximum Gasteiger partial charge on any atom is 0.238 e. The Hall–Kier alpha value is -2.65. The van der Waals surface area contributed by atoms with Crippen LogP contribution in [0.1, 0.15) is 29.7 Å². The fourth-order valence-corrected chi connectivity index (χ4v) is 3.05. The molecule has 0 aliphatic rings. The first-order chi connectivity index (χ1) is 12.0. The molecule has 3 aromatic carbocycles. The molecule has 128 valence electrons. The number of benzene rings is 3. The lowest BCUT2D eigenvalue weighted by Gasteiger charge is -2.17. The van der Waals surface area contributed by atoms with Crippen LogP contribution in [0.15, 0.2) is 60.7 Å². The van der Waals surface area contributed by atoms with Gasteiger partial charge < -0.3 is 10.6 Å². The highest BCUT2D eigenvalue weighted by molar-refractivity contribution is 5.93. The van der Waals surface area contributed by atoms with Gasteiger partial charge in [0.05, 0.1) is 6.54 Å². The van der Waals surface area contributed by atoms with Crippen molar-refractivity contribution in [1.82, 2.24) is 5.32 Å². The Morgan fingerprint density at radius 2 is 1.76 bits per heavy atom. The van der Waals surface area contributed by atoms with Gasteiger partial charge in [-0.05, 0) is 54.3 Å². The maximum atomic E-state index is 12.3. The first kappa shape index (κ1) is 17.2. The number of anilines is 1. The zero-order valence-electron chi connectivity index (χ0n) is 15.0. The van der Waals surface area contributed by atoms with Crippen LogP contribution < -0.4 is 10.6 Å². The Morgan fingerprint density at radius 1 is 1.00 bits per heavy atom. The fraction of sp³-hybridized carbons (Fsp3) is 0.227. The molecule has 25 heavy (non-hydrogen) atoms. The topological polar surface area (TPSA) is 41.1 Å². The van der Waals surface area contributed by atoms with Gasteiger partial charge in [0.25, 0.3) is 0 Å². The van der Waals surface area contributed by atoms with Crippen molar-refractivity contribution < 1.29 is 4.79 Å². The van der Waals surface area contributed by atoms with Crippen molar-refractivity contribution in [2.75, 3.05) is 11.9 Å².